The average Bonchev–Trinajstić information content (AvgIpc) is 3.71. The second kappa shape index (κ2) is 20.4. The number of anilines is 2. The Morgan fingerprint density at radius 3 is 1.59 bits per heavy atom. The molecule has 0 N–H and O–H groups in total. The van der Waals surface area contributed by atoms with Gasteiger partial charge in [0, 0.05) is 68.6 Å². The van der Waals surface area contributed by atoms with Crippen molar-refractivity contribution >= 4 is 33.2 Å². The lowest BCUT2D eigenvalue weighted by Gasteiger charge is -2.35. The van der Waals surface area contributed by atoms with Crippen molar-refractivity contribution in [3.63, 3.8) is 0 Å². The van der Waals surface area contributed by atoms with Gasteiger partial charge in [0.1, 0.15) is 17.3 Å². The Labute approximate surface area is 473 Å². The molecule has 1 aliphatic rings. The third-order valence-electron chi connectivity index (χ3n) is 16.8. The lowest BCUT2D eigenvalue weighted by molar-refractivity contribution is 0.480. The zero-order valence-corrected chi connectivity index (χ0v) is 50.3. The topological polar surface area (TPSA) is 33.5 Å². The molecule has 0 saturated heterocycles. The Hall–Kier alpha value is -7.37. The largest absolute Gasteiger partial charge is 0.457 e. The monoisotopic (exact) mass is 1040 g/mol. The molecule has 0 amide bonds. The normalized spacial score (nSPS) is 13.8. The van der Waals surface area contributed by atoms with Crippen LogP contribution in [0.25, 0.3) is 38.8 Å². The van der Waals surface area contributed by atoms with Crippen LogP contribution in [0.4, 0.5) is 11.4 Å². The summed E-state index contributed by atoms with van der Waals surface area (Å²) < 4.78 is 9.80. The smallest absolute Gasteiger partial charge is 0.137 e. The summed E-state index contributed by atoms with van der Waals surface area (Å²) in [5, 5.41) is 2.43. The molecule has 0 aliphatic carbocycles. The summed E-state index contributed by atoms with van der Waals surface area (Å²) in [5.41, 5.74) is 17.5. The average molecular weight is 1050 g/mol. The first-order valence-corrected chi connectivity index (χ1v) is 28.8. The standard InChI is InChI=1S/C74H84N4O/c1-48(2)60-32-26-33-61(49(3)4)68(60)50-37-56(43-58(38-50)79-59-44-63(71(8,9)10)69-62-31-24-25-34-64(62)78(65(69)45-59)67-42-53(35-36-75-67)70(5,6)7)76-46-66(72(11,12)13)77(47-76)57-40-54(73(14,15)51-27-20-18-21-28-51)39-55(41-57)74(16,17)52-29-22-19-23-30-52/h18-46,48-49H,47H2,1-17H3. The number of pyridine rings is 1. The highest BCUT2D eigenvalue weighted by molar-refractivity contribution is 6.11. The molecule has 9 aromatic rings. The molecule has 0 atom stereocenters. The number of rotatable bonds is 12. The van der Waals surface area contributed by atoms with Gasteiger partial charge >= 0.3 is 0 Å². The maximum Gasteiger partial charge on any atom is 0.137 e. The fraction of sp³-hybridized carbons (Fsp3) is 0.338. The van der Waals surface area contributed by atoms with E-state index < -0.39 is 0 Å². The van der Waals surface area contributed by atoms with Crippen LogP contribution in [0.15, 0.2) is 182 Å². The van der Waals surface area contributed by atoms with Crippen molar-refractivity contribution in [2.45, 2.75) is 151 Å². The summed E-state index contributed by atoms with van der Waals surface area (Å²) in [6.45, 7) is 40.1. The summed E-state index contributed by atoms with van der Waals surface area (Å²) in [6, 6.07) is 60.9. The van der Waals surface area contributed by atoms with Gasteiger partial charge in [0.05, 0.1) is 17.7 Å². The number of ether oxygens (including phenoxy) is 1. The van der Waals surface area contributed by atoms with Gasteiger partial charge in [0.25, 0.3) is 0 Å². The van der Waals surface area contributed by atoms with Gasteiger partial charge in [-0.1, -0.05) is 221 Å². The fourth-order valence-electron chi connectivity index (χ4n) is 11.9. The quantitative estimate of drug-likeness (QED) is 0.122. The van der Waals surface area contributed by atoms with Crippen LogP contribution in [0, 0.1) is 5.41 Å². The van der Waals surface area contributed by atoms with Crippen LogP contribution >= 0.6 is 0 Å². The van der Waals surface area contributed by atoms with Crippen LogP contribution < -0.4 is 14.5 Å². The highest BCUT2D eigenvalue weighted by atomic mass is 16.5. The van der Waals surface area contributed by atoms with E-state index in [1.54, 1.807) is 0 Å². The molecule has 7 aromatic carbocycles. The zero-order valence-electron chi connectivity index (χ0n) is 50.3. The van der Waals surface area contributed by atoms with E-state index >= 15 is 0 Å². The molecule has 0 saturated carbocycles. The van der Waals surface area contributed by atoms with E-state index in [9.17, 15) is 0 Å². The number of allylic oxidation sites excluding steroid dienone is 1. The number of nitrogens with zero attached hydrogens (tertiary/aromatic N) is 4. The van der Waals surface area contributed by atoms with Gasteiger partial charge in [-0.15, -0.1) is 0 Å². The Morgan fingerprint density at radius 2 is 1.04 bits per heavy atom. The molecule has 0 fully saturated rings. The van der Waals surface area contributed by atoms with Crippen LogP contribution in [0.2, 0.25) is 0 Å². The van der Waals surface area contributed by atoms with E-state index in [0.29, 0.717) is 18.5 Å². The van der Waals surface area contributed by atoms with Gasteiger partial charge in [0.2, 0.25) is 0 Å². The number of fused-ring (bicyclic) bond motifs is 3. The molecule has 5 heteroatoms. The van der Waals surface area contributed by atoms with E-state index in [1.807, 2.05) is 6.20 Å². The number of para-hydroxylation sites is 1. The van der Waals surface area contributed by atoms with Crippen LogP contribution in [0.5, 0.6) is 11.5 Å². The first-order valence-electron chi connectivity index (χ1n) is 28.8. The van der Waals surface area contributed by atoms with Crippen LogP contribution in [-0.4, -0.2) is 16.2 Å². The van der Waals surface area contributed by atoms with Crippen molar-refractivity contribution in [3.8, 4) is 28.4 Å². The van der Waals surface area contributed by atoms with Gasteiger partial charge < -0.3 is 14.5 Å². The van der Waals surface area contributed by atoms with Crippen molar-refractivity contribution < 1.29 is 4.74 Å². The SMILES string of the molecule is CC(C)c1cccc(C(C)C)c1-c1cc(Oc2cc(C(C)(C)C)c3c4ccccc4n(-c4cc(C(C)(C)C)ccn4)c3c2)cc(N2C=C(C(C)(C)C)N(c3cc(C(C)(C)c4ccccc4)cc(C(C)(C)c4ccccc4)c3)C2)c1. The van der Waals surface area contributed by atoms with E-state index in [0.717, 1.165) is 39.6 Å². The highest BCUT2D eigenvalue weighted by Gasteiger charge is 2.36. The first-order chi connectivity index (χ1) is 37.2. The third kappa shape index (κ3) is 10.5. The number of aromatic nitrogens is 2. The third-order valence-corrected chi connectivity index (χ3v) is 16.8. The molecule has 0 unspecified atom stereocenters. The molecule has 3 heterocycles. The molecule has 406 valence electrons. The molecule has 5 nitrogen and oxygen atoms in total. The Morgan fingerprint density at radius 1 is 0.468 bits per heavy atom. The summed E-state index contributed by atoms with van der Waals surface area (Å²) in [4.78, 5) is 10.1. The van der Waals surface area contributed by atoms with Gasteiger partial charge in [-0.2, -0.15) is 0 Å². The maximum atomic E-state index is 7.45. The molecular weight excluding hydrogens is 961 g/mol. The molecule has 0 radical (unpaired) electrons. The van der Waals surface area contributed by atoms with Crippen molar-refractivity contribution in [3.05, 3.63) is 226 Å². The van der Waals surface area contributed by atoms with Crippen LogP contribution in [0.3, 0.4) is 0 Å². The highest BCUT2D eigenvalue weighted by Crippen LogP contribution is 2.48. The molecule has 0 spiro atoms. The Kier molecular flexibility index (Phi) is 14.2. The van der Waals surface area contributed by atoms with E-state index in [2.05, 4.69) is 302 Å². The second-order valence-electron chi connectivity index (χ2n) is 27.1. The van der Waals surface area contributed by atoms with Crippen molar-refractivity contribution in [1.29, 1.82) is 0 Å². The first kappa shape index (κ1) is 55.0. The van der Waals surface area contributed by atoms with Gasteiger partial charge in [-0.25, -0.2) is 4.98 Å². The minimum absolute atomic E-state index is 0.0472. The molecule has 1 aliphatic heterocycles. The minimum atomic E-state index is -0.264. The Bertz CT molecular complexity index is 3640. The van der Waals surface area contributed by atoms with Crippen molar-refractivity contribution in [1.82, 2.24) is 9.55 Å². The Balaban J connectivity index is 1.17. The summed E-state index contributed by atoms with van der Waals surface area (Å²) in [5.74, 6) is 3.09. The molecule has 10 rings (SSSR count). The lowest BCUT2D eigenvalue weighted by atomic mass is 9.73. The lowest BCUT2D eigenvalue weighted by Crippen LogP contribution is -2.32. The summed E-state index contributed by atoms with van der Waals surface area (Å²) in [7, 11) is 0. The van der Waals surface area contributed by atoms with E-state index in [-0.39, 0.29) is 27.1 Å². The predicted molar refractivity (Wildman–Crippen MR) is 337 cm³/mol. The van der Waals surface area contributed by atoms with Gasteiger partial charge in [-0.05, 0) is 127 Å². The minimum Gasteiger partial charge on any atom is -0.457 e. The number of benzene rings is 7. The van der Waals surface area contributed by atoms with Crippen LogP contribution in [-0.2, 0) is 21.7 Å². The number of hydrogen-bond acceptors (Lipinski definition) is 4. The van der Waals surface area contributed by atoms with Crippen molar-refractivity contribution in [2.24, 2.45) is 5.41 Å². The van der Waals surface area contributed by atoms with Crippen molar-refractivity contribution in [2.75, 3.05) is 16.5 Å². The van der Waals surface area contributed by atoms with E-state index in [4.69, 9.17) is 9.72 Å². The fourth-order valence-corrected chi connectivity index (χ4v) is 11.9. The summed E-state index contributed by atoms with van der Waals surface area (Å²) in [6.07, 6.45) is 4.36. The molecule has 0 bridgehead atoms. The van der Waals surface area contributed by atoms with Gasteiger partial charge in [-0.3, -0.25) is 4.57 Å². The van der Waals surface area contributed by atoms with E-state index in [1.165, 1.54) is 72.2 Å². The van der Waals surface area contributed by atoms with Crippen LogP contribution in [0.1, 0.15) is 174 Å². The predicted octanol–water partition coefficient (Wildman–Crippen LogP) is 20.3. The molecule has 79 heavy (non-hydrogen) atoms. The molecule has 2 aromatic heterocycles. The molecular formula is C74H84N4O. The van der Waals surface area contributed by atoms with Gasteiger partial charge in [0.15, 0.2) is 0 Å². The second-order valence-corrected chi connectivity index (χ2v) is 27.1. The maximum absolute atomic E-state index is 7.45. The zero-order chi connectivity index (χ0) is 56.6. The number of hydrogen-bond donors (Lipinski definition) is 0. The summed E-state index contributed by atoms with van der Waals surface area (Å²) >= 11 is 0.